The zero-order chi connectivity index (χ0) is 16.1. The molecular formula is C15H21ClN4OS. The Labute approximate surface area is 139 Å². The lowest BCUT2D eigenvalue weighted by molar-refractivity contribution is -0.121. The highest BCUT2D eigenvalue weighted by molar-refractivity contribution is 7.16. The van der Waals surface area contributed by atoms with Crippen LogP contribution in [0.2, 0.25) is 4.34 Å². The van der Waals surface area contributed by atoms with Gasteiger partial charge < -0.3 is 5.32 Å². The average Bonchev–Trinajstić information content (AvgIpc) is 3.13. The predicted molar refractivity (Wildman–Crippen MR) is 89.3 cm³/mol. The van der Waals surface area contributed by atoms with E-state index in [0.29, 0.717) is 24.6 Å². The molecule has 0 aliphatic heterocycles. The van der Waals surface area contributed by atoms with E-state index >= 15 is 0 Å². The molecule has 0 saturated carbocycles. The van der Waals surface area contributed by atoms with Gasteiger partial charge in [-0.3, -0.25) is 9.89 Å². The zero-order valence-electron chi connectivity index (χ0n) is 13.0. The molecule has 0 aliphatic carbocycles. The van der Waals surface area contributed by atoms with E-state index in [1.807, 2.05) is 19.1 Å². The van der Waals surface area contributed by atoms with Crippen LogP contribution >= 0.6 is 22.9 Å². The van der Waals surface area contributed by atoms with Crippen LogP contribution in [-0.4, -0.2) is 21.1 Å². The Bertz CT molecular complexity index is 625. The van der Waals surface area contributed by atoms with Crippen molar-refractivity contribution in [1.82, 2.24) is 20.5 Å². The van der Waals surface area contributed by atoms with Crippen LogP contribution < -0.4 is 5.32 Å². The number of hydrogen-bond donors (Lipinski definition) is 2. The molecule has 0 saturated heterocycles. The summed E-state index contributed by atoms with van der Waals surface area (Å²) in [6.45, 7) is 6.09. The fourth-order valence-electron chi connectivity index (χ4n) is 1.99. The maximum absolute atomic E-state index is 12.0. The van der Waals surface area contributed by atoms with E-state index in [4.69, 9.17) is 11.6 Å². The summed E-state index contributed by atoms with van der Waals surface area (Å²) in [6, 6.07) is 3.63. The number of nitrogens with zero attached hydrogens (tertiary/aromatic N) is 2. The minimum absolute atomic E-state index is 0.00138. The van der Waals surface area contributed by atoms with Gasteiger partial charge in [-0.25, -0.2) is 4.98 Å². The number of thiophene rings is 1. The van der Waals surface area contributed by atoms with Crippen molar-refractivity contribution in [2.45, 2.75) is 52.0 Å². The molecule has 120 valence electrons. The first-order valence-corrected chi connectivity index (χ1v) is 8.64. The maximum atomic E-state index is 12.0. The Morgan fingerprint density at radius 1 is 1.45 bits per heavy atom. The van der Waals surface area contributed by atoms with Gasteiger partial charge in [0.25, 0.3) is 0 Å². The van der Waals surface area contributed by atoms with E-state index in [-0.39, 0.29) is 11.9 Å². The van der Waals surface area contributed by atoms with Gasteiger partial charge in [0.05, 0.1) is 10.4 Å². The summed E-state index contributed by atoms with van der Waals surface area (Å²) in [4.78, 5) is 17.6. The van der Waals surface area contributed by atoms with Crippen molar-refractivity contribution in [1.29, 1.82) is 0 Å². The number of halogens is 1. The third kappa shape index (κ3) is 4.55. The lowest BCUT2D eigenvalue weighted by Crippen LogP contribution is -2.27. The highest BCUT2D eigenvalue weighted by Crippen LogP contribution is 2.22. The summed E-state index contributed by atoms with van der Waals surface area (Å²) in [5.74, 6) is 1.81. The molecule has 2 N–H and O–H groups in total. The number of amides is 1. The first-order chi connectivity index (χ1) is 10.5. The number of aromatic nitrogens is 3. The topological polar surface area (TPSA) is 70.7 Å². The lowest BCUT2D eigenvalue weighted by atomic mass is 10.1. The second kappa shape index (κ2) is 7.74. The molecule has 1 amide bonds. The minimum Gasteiger partial charge on any atom is -0.346 e. The largest absolute Gasteiger partial charge is 0.346 e. The lowest BCUT2D eigenvalue weighted by Gasteiger charge is -2.10. The average molecular weight is 341 g/mol. The third-order valence-corrected chi connectivity index (χ3v) is 4.88. The van der Waals surface area contributed by atoms with Gasteiger partial charge in [0, 0.05) is 17.2 Å². The standard InChI is InChI=1S/C15H21ClN4OS/c1-4-9(2)14-18-15(20-19-14)10(3)17-13(21)8-6-11-5-7-12(16)22-11/h5,7,9-10H,4,6,8H2,1-3H3,(H,17,21)(H,18,19,20)/t9-,10+/m1/s1. The smallest absolute Gasteiger partial charge is 0.220 e. The fourth-order valence-corrected chi connectivity index (χ4v) is 3.08. The number of carbonyl (C=O) groups is 1. The summed E-state index contributed by atoms with van der Waals surface area (Å²) < 4.78 is 0.753. The van der Waals surface area contributed by atoms with Gasteiger partial charge >= 0.3 is 0 Å². The van der Waals surface area contributed by atoms with Gasteiger partial charge in [-0.15, -0.1) is 11.3 Å². The molecule has 0 spiro atoms. The summed E-state index contributed by atoms with van der Waals surface area (Å²) in [5, 5.41) is 10.1. The number of rotatable bonds is 7. The van der Waals surface area contributed by atoms with Crippen molar-refractivity contribution >= 4 is 28.8 Å². The van der Waals surface area contributed by atoms with Crippen molar-refractivity contribution in [3.63, 3.8) is 0 Å². The van der Waals surface area contributed by atoms with Crippen molar-refractivity contribution < 1.29 is 4.79 Å². The molecule has 0 aliphatic rings. The summed E-state index contributed by atoms with van der Waals surface area (Å²) in [7, 11) is 0. The number of nitrogens with one attached hydrogen (secondary N) is 2. The molecule has 0 aromatic carbocycles. The fraction of sp³-hybridized carbons (Fsp3) is 0.533. The van der Waals surface area contributed by atoms with E-state index in [1.54, 1.807) is 0 Å². The molecule has 2 atom stereocenters. The van der Waals surface area contributed by atoms with E-state index < -0.39 is 0 Å². The number of H-pyrrole nitrogens is 1. The molecule has 0 bridgehead atoms. The summed E-state index contributed by atoms with van der Waals surface area (Å²) >= 11 is 7.39. The van der Waals surface area contributed by atoms with E-state index in [0.717, 1.165) is 21.5 Å². The van der Waals surface area contributed by atoms with Crippen LogP contribution in [0.5, 0.6) is 0 Å². The quantitative estimate of drug-likeness (QED) is 0.804. The number of aryl methyl sites for hydroxylation is 1. The monoisotopic (exact) mass is 340 g/mol. The van der Waals surface area contributed by atoms with Gasteiger partial charge in [-0.05, 0) is 31.9 Å². The minimum atomic E-state index is -0.176. The van der Waals surface area contributed by atoms with Gasteiger partial charge in [0.15, 0.2) is 5.82 Å². The van der Waals surface area contributed by atoms with Gasteiger partial charge in [-0.2, -0.15) is 5.10 Å². The molecular weight excluding hydrogens is 320 g/mol. The van der Waals surface area contributed by atoms with Crippen molar-refractivity contribution in [2.24, 2.45) is 0 Å². The molecule has 0 unspecified atom stereocenters. The van der Waals surface area contributed by atoms with E-state index in [2.05, 4.69) is 34.3 Å². The van der Waals surface area contributed by atoms with Crippen LogP contribution in [0.1, 0.15) is 62.1 Å². The Hall–Kier alpha value is -1.40. The Kier molecular flexibility index (Phi) is 5.97. The van der Waals surface area contributed by atoms with Crippen molar-refractivity contribution in [3.05, 3.63) is 33.0 Å². The number of hydrogen-bond acceptors (Lipinski definition) is 4. The normalized spacial score (nSPS) is 13.8. The van der Waals surface area contributed by atoms with E-state index in [9.17, 15) is 4.79 Å². The van der Waals surface area contributed by atoms with Gasteiger partial charge in [0.1, 0.15) is 5.82 Å². The number of aromatic amines is 1. The highest BCUT2D eigenvalue weighted by Gasteiger charge is 2.16. The Morgan fingerprint density at radius 3 is 2.86 bits per heavy atom. The Morgan fingerprint density at radius 2 is 2.23 bits per heavy atom. The highest BCUT2D eigenvalue weighted by atomic mass is 35.5. The first kappa shape index (κ1) is 17.0. The molecule has 5 nitrogen and oxygen atoms in total. The molecule has 2 aromatic rings. The molecule has 2 rings (SSSR count). The second-order valence-corrected chi connectivity index (χ2v) is 7.18. The van der Waals surface area contributed by atoms with Gasteiger partial charge in [-0.1, -0.05) is 25.4 Å². The molecule has 22 heavy (non-hydrogen) atoms. The predicted octanol–water partition coefficient (Wildman–Crippen LogP) is 3.84. The first-order valence-electron chi connectivity index (χ1n) is 7.45. The van der Waals surface area contributed by atoms with Crippen LogP contribution in [0.25, 0.3) is 0 Å². The van der Waals surface area contributed by atoms with Crippen LogP contribution in [0.3, 0.4) is 0 Å². The van der Waals surface area contributed by atoms with Crippen LogP contribution in [-0.2, 0) is 11.2 Å². The molecule has 0 radical (unpaired) electrons. The van der Waals surface area contributed by atoms with Crippen molar-refractivity contribution in [3.8, 4) is 0 Å². The molecule has 7 heteroatoms. The Balaban J connectivity index is 1.84. The molecule has 2 aromatic heterocycles. The summed E-state index contributed by atoms with van der Waals surface area (Å²) in [5.41, 5.74) is 0. The van der Waals surface area contributed by atoms with Crippen molar-refractivity contribution in [2.75, 3.05) is 0 Å². The maximum Gasteiger partial charge on any atom is 0.220 e. The second-order valence-electron chi connectivity index (χ2n) is 5.38. The zero-order valence-corrected chi connectivity index (χ0v) is 14.6. The van der Waals surface area contributed by atoms with E-state index in [1.165, 1.54) is 11.3 Å². The number of carbonyl (C=O) groups excluding carboxylic acids is 1. The van der Waals surface area contributed by atoms with Gasteiger partial charge in [0.2, 0.25) is 5.91 Å². The molecule has 0 fully saturated rings. The van der Waals surface area contributed by atoms with Crippen LogP contribution in [0.4, 0.5) is 0 Å². The van der Waals surface area contributed by atoms with Crippen LogP contribution in [0, 0.1) is 0 Å². The van der Waals surface area contributed by atoms with Crippen LogP contribution in [0.15, 0.2) is 12.1 Å². The third-order valence-electron chi connectivity index (χ3n) is 3.59. The SMILES string of the molecule is CC[C@@H](C)c1n[nH]c([C@H](C)NC(=O)CCc2ccc(Cl)s2)n1. The summed E-state index contributed by atoms with van der Waals surface area (Å²) in [6.07, 6.45) is 2.12. The molecule has 2 heterocycles.